The Bertz CT molecular complexity index is 942. The smallest absolute Gasteiger partial charge is 0.407 e. The molecule has 2 aromatic rings. The predicted molar refractivity (Wildman–Crippen MR) is 116 cm³/mol. The summed E-state index contributed by atoms with van der Waals surface area (Å²) in [7, 11) is 1.24. The zero-order chi connectivity index (χ0) is 22.4. The van der Waals surface area contributed by atoms with Gasteiger partial charge in [-0.25, -0.2) is 9.59 Å². The van der Waals surface area contributed by atoms with Crippen LogP contribution in [0, 0.1) is 0 Å². The zero-order valence-corrected chi connectivity index (χ0v) is 17.6. The molecule has 0 radical (unpaired) electrons. The Balaban J connectivity index is 1.58. The summed E-state index contributed by atoms with van der Waals surface area (Å²) >= 11 is 0. The summed E-state index contributed by atoms with van der Waals surface area (Å²) in [5.41, 5.74) is 4.48. The first-order valence-corrected chi connectivity index (χ1v) is 10.1. The summed E-state index contributed by atoms with van der Waals surface area (Å²) in [6, 6.07) is 14.3. The number of amides is 2. The second-order valence-corrected chi connectivity index (χ2v) is 7.30. The first-order valence-electron chi connectivity index (χ1n) is 10.1. The molecule has 1 aliphatic rings. The zero-order valence-electron chi connectivity index (χ0n) is 17.6. The fourth-order valence-electron chi connectivity index (χ4n) is 3.70. The molecule has 31 heavy (non-hydrogen) atoms. The van der Waals surface area contributed by atoms with E-state index in [1.807, 2.05) is 36.4 Å². The van der Waals surface area contributed by atoms with E-state index in [1.54, 1.807) is 0 Å². The van der Waals surface area contributed by atoms with Gasteiger partial charge in [-0.3, -0.25) is 4.79 Å². The average Bonchev–Trinajstić information content (AvgIpc) is 3.10. The van der Waals surface area contributed by atoms with Crippen molar-refractivity contribution in [3.05, 3.63) is 72.3 Å². The van der Waals surface area contributed by atoms with Crippen LogP contribution in [0.1, 0.15) is 30.4 Å². The minimum Gasteiger partial charge on any atom is -0.467 e. The van der Waals surface area contributed by atoms with E-state index in [0.717, 1.165) is 22.3 Å². The topological polar surface area (TPSA) is 93.7 Å². The van der Waals surface area contributed by atoms with Crippen molar-refractivity contribution in [2.45, 2.75) is 31.3 Å². The van der Waals surface area contributed by atoms with Gasteiger partial charge in [-0.05, 0) is 35.6 Å². The Labute approximate surface area is 181 Å². The summed E-state index contributed by atoms with van der Waals surface area (Å²) in [5.74, 6) is -1.18. The summed E-state index contributed by atoms with van der Waals surface area (Å²) in [6.45, 7) is 5.22. The van der Waals surface area contributed by atoms with Crippen molar-refractivity contribution in [3.63, 3.8) is 0 Å². The Morgan fingerprint density at radius 1 is 1.03 bits per heavy atom. The molecule has 2 amide bonds. The van der Waals surface area contributed by atoms with Crippen LogP contribution in [0.25, 0.3) is 11.1 Å². The third-order valence-electron chi connectivity index (χ3n) is 5.28. The molecule has 2 N–H and O–H groups in total. The Kier molecular flexibility index (Phi) is 7.07. The number of methoxy groups -OCH3 is 1. The number of hydrogen-bond acceptors (Lipinski definition) is 5. The van der Waals surface area contributed by atoms with Crippen LogP contribution in [0.2, 0.25) is 0 Å². The predicted octanol–water partition coefficient (Wildman–Crippen LogP) is 3.15. The Hall–Kier alpha value is -3.61. The number of esters is 1. The largest absolute Gasteiger partial charge is 0.467 e. The lowest BCUT2D eigenvalue weighted by Gasteiger charge is -2.19. The van der Waals surface area contributed by atoms with Gasteiger partial charge in [-0.1, -0.05) is 54.6 Å². The number of nitrogens with one attached hydrogen (secondary N) is 2. The molecule has 7 heteroatoms. The highest BCUT2D eigenvalue weighted by atomic mass is 16.5. The third-order valence-corrected chi connectivity index (χ3v) is 5.28. The van der Waals surface area contributed by atoms with Crippen molar-refractivity contribution in [1.29, 1.82) is 0 Å². The van der Waals surface area contributed by atoms with E-state index in [1.165, 1.54) is 20.1 Å². The van der Waals surface area contributed by atoms with E-state index in [4.69, 9.17) is 4.74 Å². The number of alkyl carbamates (subject to hydrolysis) is 1. The molecule has 0 aromatic heterocycles. The molecule has 0 aliphatic heterocycles. The van der Waals surface area contributed by atoms with Gasteiger partial charge in [0.15, 0.2) is 0 Å². The van der Waals surface area contributed by atoms with E-state index in [0.29, 0.717) is 0 Å². The fraction of sp³-hybridized carbons (Fsp3) is 0.292. The molecule has 7 nitrogen and oxygen atoms in total. The quantitative estimate of drug-likeness (QED) is 0.504. The monoisotopic (exact) mass is 422 g/mol. The summed E-state index contributed by atoms with van der Waals surface area (Å²) in [6.07, 6.45) is 1.02. The van der Waals surface area contributed by atoms with Gasteiger partial charge in [-0.15, -0.1) is 6.58 Å². The lowest BCUT2D eigenvalue weighted by Crippen LogP contribution is -2.50. The molecule has 162 valence electrons. The van der Waals surface area contributed by atoms with E-state index in [-0.39, 0.29) is 18.9 Å². The molecule has 0 fully saturated rings. The molecule has 3 rings (SSSR count). The molecule has 0 spiro atoms. The van der Waals surface area contributed by atoms with Crippen LogP contribution in [0.3, 0.4) is 0 Å². The SMILES string of the molecule is C=CCC(NC(=O)[C@H](C)NC(=O)OCC1c2ccccc2-c2ccccc21)C(=O)OC. The van der Waals surface area contributed by atoms with Gasteiger partial charge < -0.3 is 20.1 Å². The molecular weight excluding hydrogens is 396 g/mol. The van der Waals surface area contributed by atoms with Crippen LogP contribution in [-0.2, 0) is 19.1 Å². The van der Waals surface area contributed by atoms with Crippen LogP contribution in [0.4, 0.5) is 4.79 Å². The van der Waals surface area contributed by atoms with Crippen LogP contribution in [-0.4, -0.2) is 43.8 Å². The maximum absolute atomic E-state index is 12.3. The van der Waals surface area contributed by atoms with Gasteiger partial charge in [-0.2, -0.15) is 0 Å². The van der Waals surface area contributed by atoms with Crippen molar-refractivity contribution in [1.82, 2.24) is 10.6 Å². The van der Waals surface area contributed by atoms with Crippen LogP contribution >= 0.6 is 0 Å². The number of fused-ring (bicyclic) bond motifs is 3. The number of ether oxygens (including phenoxy) is 2. The van der Waals surface area contributed by atoms with Crippen molar-refractivity contribution in [2.24, 2.45) is 0 Å². The maximum Gasteiger partial charge on any atom is 0.407 e. The summed E-state index contributed by atoms with van der Waals surface area (Å²) in [5, 5.41) is 5.05. The molecule has 0 saturated heterocycles. The minimum absolute atomic E-state index is 0.0708. The molecule has 1 unspecified atom stereocenters. The first kappa shape index (κ1) is 22.1. The van der Waals surface area contributed by atoms with Crippen molar-refractivity contribution < 1.29 is 23.9 Å². The number of carbonyl (C=O) groups is 3. The number of hydrogen-bond donors (Lipinski definition) is 2. The van der Waals surface area contributed by atoms with Gasteiger partial charge >= 0.3 is 12.1 Å². The Morgan fingerprint density at radius 3 is 2.16 bits per heavy atom. The highest BCUT2D eigenvalue weighted by Gasteiger charge is 2.29. The highest BCUT2D eigenvalue weighted by molar-refractivity contribution is 5.89. The van der Waals surface area contributed by atoms with Gasteiger partial charge in [0, 0.05) is 5.92 Å². The van der Waals surface area contributed by atoms with Crippen molar-refractivity contribution >= 4 is 18.0 Å². The number of benzene rings is 2. The summed E-state index contributed by atoms with van der Waals surface area (Å²) < 4.78 is 10.1. The van der Waals surface area contributed by atoms with Crippen molar-refractivity contribution in [2.75, 3.05) is 13.7 Å². The number of rotatable bonds is 8. The molecule has 1 aliphatic carbocycles. The van der Waals surface area contributed by atoms with E-state index in [2.05, 4.69) is 34.1 Å². The van der Waals surface area contributed by atoms with Crippen LogP contribution in [0.5, 0.6) is 0 Å². The third kappa shape index (κ3) is 4.94. The van der Waals surface area contributed by atoms with Gasteiger partial charge in [0.1, 0.15) is 18.7 Å². The number of carbonyl (C=O) groups excluding carboxylic acids is 3. The van der Waals surface area contributed by atoms with Crippen LogP contribution in [0.15, 0.2) is 61.2 Å². The Morgan fingerprint density at radius 2 is 1.61 bits per heavy atom. The normalized spacial score (nSPS) is 13.9. The van der Waals surface area contributed by atoms with Gasteiger partial charge in [0.25, 0.3) is 0 Å². The lowest BCUT2D eigenvalue weighted by molar-refractivity contribution is -0.145. The van der Waals surface area contributed by atoms with E-state index >= 15 is 0 Å². The molecular formula is C24H26N2O5. The van der Waals surface area contributed by atoms with Crippen molar-refractivity contribution in [3.8, 4) is 11.1 Å². The second kappa shape index (κ2) is 9.93. The van der Waals surface area contributed by atoms with Crippen LogP contribution < -0.4 is 10.6 Å². The molecule has 2 aromatic carbocycles. The molecule has 0 saturated carbocycles. The standard InChI is InChI=1S/C24H26N2O5/c1-4-9-21(23(28)30-3)26-22(27)15(2)25-24(29)31-14-20-18-12-7-5-10-16(18)17-11-6-8-13-19(17)20/h4-8,10-13,15,20-21H,1,9,14H2,2-3H3,(H,25,29)(H,26,27)/t15-,21?/m0/s1. The molecule has 0 heterocycles. The highest BCUT2D eigenvalue weighted by Crippen LogP contribution is 2.44. The van der Waals surface area contributed by atoms with E-state index in [9.17, 15) is 14.4 Å². The fourth-order valence-corrected chi connectivity index (χ4v) is 3.70. The lowest BCUT2D eigenvalue weighted by atomic mass is 9.98. The van der Waals surface area contributed by atoms with Gasteiger partial charge in [0.2, 0.25) is 5.91 Å². The average molecular weight is 422 g/mol. The first-order chi connectivity index (χ1) is 15.0. The minimum atomic E-state index is -0.896. The van der Waals surface area contributed by atoms with E-state index < -0.39 is 30.1 Å². The summed E-state index contributed by atoms with van der Waals surface area (Å²) in [4.78, 5) is 36.4. The second-order valence-electron chi connectivity index (χ2n) is 7.30. The van der Waals surface area contributed by atoms with Gasteiger partial charge in [0.05, 0.1) is 7.11 Å². The molecule has 0 bridgehead atoms. The maximum atomic E-state index is 12.3. The molecule has 2 atom stereocenters.